The molecule has 0 radical (unpaired) electrons. The minimum atomic E-state index is -0.373. The zero-order valence-corrected chi connectivity index (χ0v) is 18.4. The number of piperidine rings is 1. The molecule has 0 atom stereocenters. The summed E-state index contributed by atoms with van der Waals surface area (Å²) in [5.41, 5.74) is 3.55. The van der Waals surface area contributed by atoms with Crippen molar-refractivity contribution in [3.63, 3.8) is 0 Å². The van der Waals surface area contributed by atoms with E-state index in [1.807, 2.05) is 29.2 Å². The molecule has 0 aromatic heterocycles. The van der Waals surface area contributed by atoms with E-state index < -0.39 is 0 Å². The Morgan fingerprint density at radius 3 is 2.42 bits per heavy atom. The Morgan fingerprint density at radius 2 is 1.68 bits per heavy atom. The minimum Gasteiger partial charge on any atom is -0.482 e. The first-order valence-corrected chi connectivity index (χ1v) is 11.1. The van der Waals surface area contributed by atoms with E-state index in [0.717, 1.165) is 24.2 Å². The van der Waals surface area contributed by atoms with E-state index in [9.17, 15) is 4.79 Å². The van der Waals surface area contributed by atoms with Gasteiger partial charge in [-0.15, -0.1) is 0 Å². The number of carbonyl (C=O) groups excluding carboxylic acids is 1. The lowest BCUT2D eigenvalue weighted by atomic mass is 9.87. The molecule has 2 heterocycles. The summed E-state index contributed by atoms with van der Waals surface area (Å²) in [4.78, 5) is 14.8. The Balaban J connectivity index is 1.30. The molecule has 1 amide bonds. The van der Waals surface area contributed by atoms with Crippen LogP contribution >= 0.6 is 23.2 Å². The molecule has 3 nitrogen and oxygen atoms in total. The van der Waals surface area contributed by atoms with Crippen molar-refractivity contribution >= 4 is 35.2 Å². The number of likely N-dealkylation sites (tertiary alicyclic amines) is 1. The molecule has 2 aliphatic heterocycles. The third kappa shape index (κ3) is 3.96. The zero-order chi connectivity index (χ0) is 21.4. The fraction of sp³-hybridized carbons (Fsp3) is 0.192. The second-order valence-electron chi connectivity index (χ2n) is 8.04. The van der Waals surface area contributed by atoms with Gasteiger partial charge in [0.1, 0.15) is 11.4 Å². The van der Waals surface area contributed by atoms with Gasteiger partial charge < -0.3 is 9.64 Å². The highest BCUT2D eigenvalue weighted by Gasteiger charge is 2.38. The fourth-order valence-electron chi connectivity index (χ4n) is 4.27. The van der Waals surface area contributed by atoms with E-state index in [-0.39, 0.29) is 11.5 Å². The van der Waals surface area contributed by atoms with Crippen LogP contribution in [0.1, 0.15) is 28.8 Å². The number of nitrogens with zero attached hydrogens (tertiary/aromatic N) is 1. The van der Waals surface area contributed by atoms with Gasteiger partial charge in [0.05, 0.1) is 10.6 Å². The molecule has 0 unspecified atom stereocenters. The van der Waals surface area contributed by atoms with E-state index in [0.29, 0.717) is 28.7 Å². The quantitative estimate of drug-likeness (QED) is 0.433. The van der Waals surface area contributed by atoms with Crippen LogP contribution in [0.4, 0.5) is 0 Å². The lowest BCUT2D eigenvalue weighted by molar-refractivity contribution is 0.0329. The second-order valence-corrected chi connectivity index (χ2v) is 8.88. The number of ether oxygens (including phenoxy) is 1. The molecule has 0 saturated carbocycles. The van der Waals surface area contributed by atoms with Crippen LogP contribution < -0.4 is 4.74 Å². The monoisotopic (exact) mass is 449 g/mol. The SMILES string of the molecule is O=C(c1ccc(Cl)cc1Cl)N1CCC2(C=Cc3cc(-c4ccccc4)ccc3O2)CC1. The van der Waals surface area contributed by atoms with Crippen molar-refractivity contribution in [1.82, 2.24) is 4.90 Å². The molecule has 2 aliphatic rings. The first-order chi connectivity index (χ1) is 15.0. The van der Waals surface area contributed by atoms with Crippen molar-refractivity contribution in [2.24, 2.45) is 0 Å². The molecule has 1 saturated heterocycles. The minimum absolute atomic E-state index is 0.0655. The molecule has 0 bridgehead atoms. The number of fused-ring (bicyclic) bond motifs is 1. The van der Waals surface area contributed by atoms with Gasteiger partial charge in [-0.2, -0.15) is 0 Å². The van der Waals surface area contributed by atoms with Crippen LogP contribution in [0.15, 0.2) is 72.8 Å². The average Bonchev–Trinajstić information content (AvgIpc) is 2.79. The lowest BCUT2D eigenvalue weighted by Gasteiger charge is -2.42. The van der Waals surface area contributed by atoms with Gasteiger partial charge in [0.15, 0.2) is 0 Å². The van der Waals surface area contributed by atoms with Crippen molar-refractivity contribution in [1.29, 1.82) is 0 Å². The maximum atomic E-state index is 12.9. The van der Waals surface area contributed by atoms with Crippen molar-refractivity contribution in [3.8, 4) is 16.9 Å². The topological polar surface area (TPSA) is 29.5 Å². The third-order valence-electron chi connectivity index (χ3n) is 6.06. The molecule has 0 aliphatic carbocycles. The van der Waals surface area contributed by atoms with Crippen molar-refractivity contribution < 1.29 is 9.53 Å². The maximum Gasteiger partial charge on any atom is 0.255 e. The zero-order valence-electron chi connectivity index (χ0n) is 16.9. The summed E-state index contributed by atoms with van der Waals surface area (Å²) in [6.07, 6.45) is 5.78. The Hall–Kier alpha value is -2.75. The van der Waals surface area contributed by atoms with Crippen LogP contribution in [0.3, 0.4) is 0 Å². The number of amides is 1. The first kappa shape index (κ1) is 20.2. The highest BCUT2D eigenvalue weighted by molar-refractivity contribution is 6.36. The molecular formula is C26H21Cl2NO2. The molecule has 156 valence electrons. The normalized spacial score (nSPS) is 16.6. The van der Waals surface area contributed by atoms with Crippen LogP contribution in [-0.4, -0.2) is 29.5 Å². The third-order valence-corrected chi connectivity index (χ3v) is 6.60. The summed E-state index contributed by atoms with van der Waals surface area (Å²) in [6, 6.07) is 21.6. The van der Waals surface area contributed by atoms with Crippen LogP contribution in [-0.2, 0) is 0 Å². The molecular weight excluding hydrogens is 429 g/mol. The van der Waals surface area contributed by atoms with Crippen molar-refractivity contribution in [2.45, 2.75) is 18.4 Å². The van der Waals surface area contributed by atoms with Gasteiger partial charge in [-0.05, 0) is 47.5 Å². The van der Waals surface area contributed by atoms with Gasteiger partial charge in [-0.1, -0.05) is 65.7 Å². The standard InChI is InChI=1S/C26H21Cl2NO2/c27-21-7-8-22(23(28)17-21)25(30)29-14-12-26(13-15-29)11-10-20-16-19(6-9-24(20)31-26)18-4-2-1-3-5-18/h1-11,16-17H,12-15H2. The highest BCUT2D eigenvalue weighted by Crippen LogP contribution is 2.39. The van der Waals surface area contributed by atoms with Gasteiger partial charge >= 0.3 is 0 Å². The van der Waals surface area contributed by atoms with E-state index in [1.54, 1.807) is 18.2 Å². The van der Waals surface area contributed by atoms with Crippen LogP contribution in [0.2, 0.25) is 10.0 Å². The summed E-state index contributed by atoms with van der Waals surface area (Å²) in [6.45, 7) is 1.22. The van der Waals surface area contributed by atoms with Crippen molar-refractivity contribution in [3.05, 3.63) is 94.0 Å². The summed E-state index contributed by atoms with van der Waals surface area (Å²) >= 11 is 12.2. The van der Waals surface area contributed by atoms with E-state index in [2.05, 4.69) is 36.4 Å². The summed E-state index contributed by atoms with van der Waals surface area (Å²) in [5, 5.41) is 0.906. The maximum absolute atomic E-state index is 12.9. The largest absolute Gasteiger partial charge is 0.482 e. The van der Waals surface area contributed by atoms with E-state index in [1.165, 1.54) is 11.1 Å². The predicted molar refractivity (Wildman–Crippen MR) is 126 cm³/mol. The van der Waals surface area contributed by atoms with Crippen molar-refractivity contribution in [2.75, 3.05) is 13.1 Å². The molecule has 5 rings (SSSR count). The Bertz CT molecular complexity index is 1170. The summed E-state index contributed by atoms with van der Waals surface area (Å²) in [5.74, 6) is 0.826. The molecule has 1 fully saturated rings. The van der Waals surface area contributed by atoms with Gasteiger partial charge in [-0.3, -0.25) is 4.79 Å². The summed E-state index contributed by atoms with van der Waals surface area (Å²) in [7, 11) is 0. The average molecular weight is 450 g/mol. The number of carbonyl (C=O) groups is 1. The molecule has 5 heteroatoms. The fourth-order valence-corrected chi connectivity index (χ4v) is 4.76. The predicted octanol–water partition coefficient (Wildman–Crippen LogP) is 6.74. The second kappa shape index (κ2) is 8.07. The molecule has 1 spiro atoms. The van der Waals surface area contributed by atoms with Gasteiger partial charge in [-0.25, -0.2) is 0 Å². The Labute approximate surface area is 191 Å². The van der Waals surface area contributed by atoms with E-state index in [4.69, 9.17) is 27.9 Å². The number of hydrogen-bond acceptors (Lipinski definition) is 2. The van der Waals surface area contributed by atoms with Gasteiger partial charge in [0, 0.05) is 36.5 Å². The number of rotatable bonds is 2. The Kier molecular flexibility index (Phi) is 5.25. The van der Waals surface area contributed by atoms with Gasteiger partial charge in [0.25, 0.3) is 5.91 Å². The van der Waals surface area contributed by atoms with Crippen LogP contribution in [0.5, 0.6) is 5.75 Å². The molecule has 3 aromatic rings. The van der Waals surface area contributed by atoms with Crippen LogP contribution in [0, 0.1) is 0 Å². The smallest absolute Gasteiger partial charge is 0.255 e. The number of hydrogen-bond donors (Lipinski definition) is 0. The number of halogens is 2. The first-order valence-electron chi connectivity index (χ1n) is 10.4. The lowest BCUT2D eigenvalue weighted by Crippen LogP contribution is -2.49. The Morgan fingerprint density at radius 1 is 0.903 bits per heavy atom. The van der Waals surface area contributed by atoms with Crippen LogP contribution in [0.25, 0.3) is 17.2 Å². The highest BCUT2D eigenvalue weighted by atomic mass is 35.5. The molecule has 0 N–H and O–H groups in total. The molecule has 31 heavy (non-hydrogen) atoms. The molecule has 3 aromatic carbocycles. The summed E-state index contributed by atoms with van der Waals surface area (Å²) < 4.78 is 6.46. The van der Waals surface area contributed by atoms with E-state index >= 15 is 0 Å². The van der Waals surface area contributed by atoms with Gasteiger partial charge in [0.2, 0.25) is 0 Å². The number of benzene rings is 3.